The number of likely N-dealkylation sites (tertiary alicyclic amines) is 1. The van der Waals surface area contributed by atoms with Crippen LogP contribution in [0.2, 0.25) is 0 Å². The Balaban J connectivity index is 2.03. The molecule has 1 aromatic heterocycles. The van der Waals surface area contributed by atoms with Crippen LogP contribution in [0.5, 0.6) is 0 Å². The summed E-state index contributed by atoms with van der Waals surface area (Å²) >= 11 is 3.45. The van der Waals surface area contributed by atoms with Crippen molar-refractivity contribution >= 4 is 26.8 Å². The van der Waals surface area contributed by atoms with E-state index in [1.165, 1.54) is 19.3 Å². The molecule has 1 fully saturated rings. The monoisotopic (exact) mass is 348 g/mol. The standard InChI is InChI=1S/C17H21BrN2O/c1-11-5-3-4-8-20(11)10-15-12(2)19-16-7-6-13(18)9-14(16)17(15)21/h6-7,9,11H,3-5,8,10H2,1-2H3,(H,19,21)/t11-/m1/s1. The summed E-state index contributed by atoms with van der Waals surface area (Å²) in [4.78, 5) is 18.6. The van der Waals surface area contributed by atoms with Crippen LogP contribution in [-0.2, 0) is 6.54 Å². The van der Waals surface area contributed by atoms with Crippen molar-refractivity contribution in [3.8, 4) is 0 Å². The predicted molar refractivity (Wildman–Crippen MR) is 90.7 cm³/mol. The lowest BCUT2D eigenvalue weighted by Gasteiger charge is -2.33. The molecule has 0 spiro atoms. The second-order valence-electron chi connectivity index (χ2n) is 6.06. The molecular weight excluding hydrogens is 328 g/mol. The lowest BCUT2D eigenvalue weighted by Crippen LogP contribution is -2.38. The van der Waals surface area contributed by atoms with Gasteiger partial charge in [-0.05, 0) is 51.4 Å². The Bertz CT molecular complexity index is 723. The fraction of sp³-hybridized carbons (Fsp3) is 0.471. The van der Waals surface area contributed by atoms with Gasteiger partial charge in [-0.15, -0.1) is 0 Å². The summed E-state index contributed by atoms with van der Waals surface area (Å²) in [6, 6.07) is 6.40. The van der Waals surface area contributed by atoms with Crippen LogP contribution in [0.1, 0.15) is 37.4 Å². The zero-order valence-corrected chi connectivity index (χ0v) is 14.2. The van der Waals surface area contributed by atoms with Gasteiger partial charge in [0.25, 0.3) is 0 Å². The van der Waals surface area contributed by atoms with Crippen LogP contribution in [0.15, 0.2) is 27.5 Å². The summed E-state index contributed by atoms with van der Waals surface area (Å²) in [6.45, 7) is 6.12. The van der Waals surface area contributed by atoms with Gasteiger partial charge in [-0.3, -0.25) is 9.69 Å². The van der Waals surface area contributed by atoms with E-state index in [2.05, 4.69) is 32.7 Å². The van der Waals surface area contributed by atoms with Crippen LogP contribution in [0.4, 0.5) is 0 Å². The largest absolute Gasteiger partial charge is 0.358 e. The van der Waals surface area contributed by atoms with Gasteiger partial charge in [-0.1, -0.05) is 22.4 Å². The SMILES string of the molecule is Cc1[nH]c2ccc(Br)cc2c(=O)c1CN1CCCC[C@H]1C. The average molecular weight is 349 g/mol. The molecule has 0 saturated carbocycles. The minimum Gasteiger partial charge on any atom is -0.358 e. The summed E-state index contributed by atoms with van der Waals surface area (Å²) in [5.41, 5.74) is 2.98. The molecule has 112 valence electrons. The first-order valence-electron chi connectivity index (χ1n) is 7.61. The van der Waals surface area contributed by atoms with E-state index >= 15 is 0 Å². The van der Waals surface area contributed by atoms with Gasteiger partial charge in [0, 0.05) is 39.2 Å². The van der Waals surface area contributed by atoms with Crippen molar-refractivity contribution < 1.29 is 0 Å². The number of aryl methyl sites for hydroxylation is 1. The molecule has 21 heavy (non-hydrogen) atoms. The van der Waals surface area contributed by atoms with Crippen molar-refractivity contribution in [3.63, 3.8) is 0 Å². The number of H-pyrrole nitrogens is 1. The number of piperidine rings is 1. The molecule has 0 unspecified atom stereocenters. The fourth-order valence-corrected chi connectivity index (χ4v) is 3.57. The van der Waals surface area contributed by atoms with Gasteiger partial charge in [0.15, 0.2) is 5.43 Å². The molecule has 1 aliphatic heterocycles. The van der Waals surface area contributed by atoms with E-state index in [-0.39, 0.29) is 5.43 Å². The number of nitrogens with one attached hydrogen (secondary N) is 1. The molecule has 0 aliphatic carbocycles. The zero-order valence-electron chi connectivity index (χ0n) is 12.6. The number of aromatic nitrogens is 1. The van der Waals surface area contributed by atoms with Crippen molar-refractivity contribution in [3.05, 3.63) is 44.2 Å². The van der Waals surface area contributed by atoms with E-state index in [0.717, 1.165) is 39.7 Å². The molecule has 0 radical (unpaired) electrons. The summed E-state index contributed by atoms with van der Waals surface area (Å²) in [7, 11) is 0. The second-order valence-corrected chi connectivity index (χ2v) is 6.98. The highest BCUT2D eigenvalue weighted by molar-refractivity contribution is 9.10. The first kappa shape index (κ1) is 14.8. The Labute approximate surface area is 133 Å². The quantitative estimate of drug-likeness (QED) is 0.891. The Morgan fingerprint density at radius 1 is 1.38 bits per heavy atom. The van der Waals surface area contributed by atoms with Crippen molar-refractivity contribution in [2.45, 2.75) is 45.7 Å². The van der Waals surface area contributed by atoms with Crippen molar-refractivity contribution in [1.82, 2.24) is 9.88 Å². The lowest BCUT2D eigenvalue weighted by molar-refractivity contribution is 0.152. The minimum atomic E-state index is 0.167. The van der Waals surface area contributed by atoms with Crippen LogP contribution in [0.25, 0.3) is 10.9 Å². The summed E-state index contributed by atoms with van der Waals surface area (Å²) in [6.07, 6.45) is 3.77. The number of rotatable bonds is 2. The van der Waals surface area contributed by atoms with Gasteiger partial charge < -0.3 is 4.98 Å². The summed E-state index contributed by atoms with van der Waals surface area (Å²) in [5.74, 6) is 0. The maximum atomic E-state index is 12.8. The molecule has 2 aromatic rings. The molecule has 1 saturated heterocycles. The number of nitrogens with zero attached hydrogens (tertiary/aromatic N) is 1. The van der Waals surface area contributed by atoms with E-state index in [4.69, 9.17) is 0 Å². The number of fused-ring (bicyclic) bond motifs is 1. The number of pyridine rings is 1. The van der Waals surface area contributed by atoms with Crippen LogP contribution in [0.3, 0.4) is 0 Å². The van der Waals surface area contributed by atoms with Crippen LogP contribution in [0, 0.1) is 6.92 Å². The van der Waals surface area contributed by atoms with Crippen LogP contribution >= 0.6 is 15.9 Å². The van der Waals surface area contributed by atoms with E-state index in [1.807, 2.05) is 25.1 Å². The first-order chi connectivity index (χ1) is 10.1. The third-order valence-electron chi connectivity index (χ3n) is 4.58. The molecule has 0 amide bonds. The molecule has 4 heteroatoms. The molecule has 3 rings (SSSR count). The molecular formula is C17H21BrN2O. The van der Waals surface area contributed by atoms with E-state index in [1.54, 1.807) is 0 Å². The third kappa shape index (κ3) is 2.92. The van der Waals surface area contributed by atoms with E-state index in [9.17, 15) is 4.79 Å². The highest BCUT2D eigenvalue weighted by atomic mass is 79.9. The van der Waals surface area contributed by atoms with Gasteiger partial charge in [0.2, 0.25) is 0 Å². The van der Waals surface area contributed by atoms with Gasteiger partial charge in [0.05, 0.1) is 0 Å². The van der Waals surface area contributed by atoms with Gasteiger partial charge in [-0.25, -0.2) is 0 Å². The maximum Gasteiger partial charge on any atom is 0.194 e. The molecule has 1 aliphatic rings. The Kier molecular flexibility index (Phi) is 4.18. The molecule has 3 nitrogen and oxygen atoms in total. The molecule has 1 N–H and O–H groups in total. The number of halogens is 1. The Hall–Kier alpha value is -1.13. The average Bonchev–Trinajstić information content (AvgIpc) is 2.46. The lowest BCUT2D eigenvalue weighted by atomic mass is 10.0. The minimum absolute atomic E-state index is 0.167. The number of benzene rings is 1. The van der Waals surface area contributed by atoms with Crippen molar-refractivity contribution in [2.24, 2.45) is 0 Å². The highest BCUT2D eigenvalue weighted by Crippen LogP contribution is 2.21. The van der Waals surface area contributed by atoms with Crippen molar-refractivity contribution in [1.29, 1.82) is 0 Å². The van der Waals surface area contributed by atoms with E-state index < -0.39 is 0 Å². The second kappa shape index (κ2) is 5.93. The molecule has 1 atom stereocenters. The topological polar surface area (TPSA) is 36.1 Å². The van der Waals surface area contributed by atoms with Gasteiger partial charge in [0.1, 0.15) is 0 Å². The molecule has 1 aromatic carbocycles. The van der Waals surface area contributed by atoms with Crippen LogP contribution in [-0.4, -0.2) is 22.5 Å². The summed E-state index contributed by atoms with van der Waals surface area (Å²) < 4.78 is 0.946. The number of hydrogen-bond donors (Lipinski definition) is 1. The molecule has 2 heterocycles. The Morgan fingerprint density at radius 3 is 2.95 bits per heavy atom. The Morgan fingerprint density at radius 2 is 2.19 bits per heavy atom. The van der Waals surface area contributed by atoms with E-state index in [0.29, 0.717) is 6.04 Å². The third-order valence-corrected chi connectivity index (χ3v) is 5.07. The summed E-state index contributed by atoms with van der Waals surface area (Å²) in [5, 5.41) is 0.773. The van der Waals surface area contributed by atoms with Crippen molar-refractivity contribution in [2.75, 3.05) is 6.54 Å². The smallest absolute Gasteiger partial charge is 0.194 e. The first-order valence-corrected chi connectivity index (χ1v) is 8.40. The van der Waals surface area contributed by atoms with Gasteiger partial charge in [-0.2, -0.15) is 0 Å². The number of hydrogen-bond acceptors (Lipinski definition) is 2. The normalized spacial score (nSPS) is 20.0. The zero-order chi connectivity index (χ0) is 15.0. The fourth-order valence-electron chi connectivity index (χ4n) is 3.21. The predicted octanol–water partition coefficient (Wildman–Crippen LogP) is 3.97. The number of aromatic amines is 1. The highest BCUT2D eigenvalue weighted by Gasteiger charge is 2.20. The van der Waals surface area contributed by atoms with Crippen LogP contribution < -0.4 is 5.43 Å². The maximum absolute atomic E-state index is 12.8. The molecule has 0 bridgehead atoms. The van der Waals surface area contributed by atoms with Gasteiger partial charge >= 0.3 is 0 Å².